The first-order valence-electron chi connectivity index (χ1n) is 9.54. The Morgan fingerprint density at radius 3 is 2.45 bits per heavy atom. The van der Waals surface area contributed by atoms with Crippen molar-refractivity contribution in [2.75, 3.05) is 39.3 Å². The van der Waals surface area contributed by atoms with Crippen LogP contribution in [0.2, 0.25) is 0 Å². The van der Waals surface area contributed by atoms with Crippen molar-refractivity contribution in [2.24, 2.45) is 4.99 Å². The fraction of sp³-hybridized carbons (Fsp3) is 0.824. The quantitative estimate of drug-likeness (QED) is 0.328. The maximum atomic E-state index is 12.9. The molecule has 8 nitrogen and oxygen atoms in total. The summed E-state index contributed by atoms with van der Waals surface area (Å²) in [5.74, 6) is 1.45. The molecule has 0 aromatic carbocycles. The minimum absolute atomic E-state index is 0. The van der Waals surface area contributed by atoms with Crippen molar-refractivity contribution >= 4 is 29.9 Å². The molecular weight excluding hydrogens is 504 g/mol. The van der Waals surface area contributed by atoms with Gasteiger partial charge in [-0.25, -0.2) is 4.99 Å². The number of rotatable bonds is 7. The molecule has 0 radical (unpaired) electrons. The lowest BCUT2D eigenvalue weighted by Crippen LogP contribution is -2.56. The van der Waals surface area contributed by atoms with Crippen LogP contribution in [0.15, 0.2) is 9.52 Å². The Morgan fingerprint density at radius 1 is 1.24 bits per heavy atom. The maximum absolute atomic E-state index is 12.9. The Balaban J connectivity index is 0.00000420. The van der Waals surface area contributed by atoms with Gasteiger partial charge in [-0.15, -0.1) is 24.0 Å². The van der Waals surface area contributed by atoms with E-state index in [-0.39, 0.29) is 36.6 Å². The van der Waals surface area contributed by atoms with Crippen LogP contribution in [-0.2, 0) is 11.3 Å². The van der Waals surface area contributed by atoms with Crippen LogP contribution in [0.5, 0.6) is 0 Å². The van der Waals surface area contributed by atoms with Crippen LogP contribution < -0.4 is 5.32 Å². The molecule has 2 atom stereocenters. The Hall–Kier alpha value is -1.15. The van der Waals surface area contributed by atoms with E-state index < -0.39 is 12.2 Å². The van der Waals surface area contributed by atoms with Gasteiger partial charge in [-0.1, -0.05) is 5.16 Å². The van der Waals surface area contributed by atoms with E-state index in [1.165, 1.54) is 11.8 Å². The summed E-state index contributed by atoms with van der Waals surface area (Å²) >= 11 is 0. The van der Waals surface area contributed by atoms with E-state index in [4.69, 9.17) is 9.26 Å². The van der Waals surface area contributed by atoms with E-state index in [2.05, 4.69) is 20.4 Å². The van der Waals surface area contributed by atoms with E-state index in [0.29, 0.717) is 57.0 Å². The first-order chi connectivity index (χ1) is 13.3. The van der Waals surface area contributed by atoms with E-state index in [9.17, 15) is 13.2 Å². The molecule has 2 heterocycles. The zero-order valence-corrected chi connectivity index (χ0v) is 19.5. The second-order valence-corrected chi connectivity index (χ2v) is 6.55. The Morgan fingerprint density at radius 2 is 1.90 bits per heavy atom. The highest BCUT2D eigenvalue weighted by molar-refractivity contribution is 14.0. The van der Waals surface area contributed by atoms with Gasteiger partial charge in [-0.3, -0.25) is 4.90 Å². The molecule has 0 saturated carbocycles. The summed E-state index contributed by atoms with van der Waals surface area (Å²) in [7, 11) is 0. The van der Waals surface area contributed by atoms with E-state index >= 15 is 0 Å². The molecule has 12 heteroatoms. The van der Waals surface area contributed by atoms with Gasteiger partial charge in [0.05, 0.1) is 0 Å². The molecule has 0 spiro atoms. The fourth-order valence-corrected chi connectivity index (χ4v) is 2.92. The minimum Gasteiger partial charge on any atom is -0.371 e. The van der Waals surface area contributed by atoms with Crippen molar-refractivity contribution in [3.05, 3.63) is 11.7 Å². The second-order valence-electron chi connectivity index (χ2n) is 6.55. The van der Waals surface area contributed by atoms with Gasteiger partial charge in [0.15, 0.2) is 11.8 Å². The molecule has 29 heavy (non-hydrogen) atoms. The molecule has 1 aromatic heterocycles. The third kappa shape index (κ3) is 7.55. The highest BCUT2D eigenvalue weighted by Gasteiger charge is 2.41. The smallest absolute Gasteiger partial charge is 0.371 e. The molecule has 168 valence electrons. The van der Waals surface area contributed by atoms with Crippen molar-refractivity contribution in [3.8, 4) is 0 Å². The highest BCUT2D eigenvalue weighted by Crippen LogP contribution is 2.25. The number of aromatic nitrogens is 2. The maximum Gasteiger partial charge on any atom is 0.403 e. The molecule has 0 amide bonds. The van der Waals surface area contributed by atoms with Gasteiger partial charge >= 0.3 is 6.18 Å². The molecule has 0 aliphatic carbocycles. The van der Waals surface area contributed by atoms with Crippen molar-refractivity contribution in [2.45, 2.75) is 52.6 Å². The summed E-state index contributed by atoms with van der Waals surface area (Å²) in [6.45, 7) is 9.81. The summed E-state index contributed by atoms with van der Waals surface area (Å²) < 4.78 is 49.3. The Kier molecular flexibility index (Phi) is 10.6. The average molecular weight is 534 g/mol. The van der Waals surface area contributed by atoms with E-state index in [1.54, 1.807) is 0 Å². The first-order valence-corrected chi connectivity index (χ1v) is 9.54. The number of guanidine groups is 1. The number of nitrogens with one attached hydrogen (secondary N) is 1. The molecule has 1 N–H and O–H groups in total. The normalized spacial score (nSPS) is 18.3. The molecular formula is C17H30F3IN6O2. The van der Waals surface area contributed by atoms with Crippen LogP contribution in [0.4, 0.5) is 13.2 Å². The van der Waals surface area contributed by atoms with Gasteiger partial charge in [0.2, 0.25) is 5.89 Å². The SMILES string of the molecule is CCNC(=NCc1nc(C(C)OCC)no1)N1CCN(C(C)C(F)(F)F)CC1.I. The number of piperazine rings is 1. The molecule has 1 aromatic rings. The van der Waals surface area contributed by atoms with Gasteiger partial charge in [-0.2, -0.15) is 18.2 Å². The van der Waals surface area contributed by atoms with Gasteiger partial charge in [0.1, 0.15) is 18.7 Å². The average Bonchev–Trinajstić information content (AvgIpc) is 3.13. The van der Waals surface area contributed by atoms with Crippen molar-refractivity contribution in [1.29, 1.82) is 0 Å². The van der Waals surface area contributed by atoms with Gasteiger partial charge < -0.3 is 19.5 Å². The molecule has 2 rings (SSSR count). The molecule has 1 aliphatic heterocycles. The van der Waals surface area contributed by atoms with Crippen LogP contribution in [0.1, 0.15) is 45.5 Å². The van der Waals surface area contributed by atoms with Crippen molar-refractivity contribution in [3.63, 3.8) is 0 Å². The zero-order valence-electron chi connectivity index (χ0n) is 17.2. The third-order valence-corrected chi connectivity index (χ3v) is 4.60. The summed E-state index contributed by atoms with van der Waals surface area (Å²) in [5.41, 5.74) is 0. The fourth-order valence-electron chi connectivity index (χ4n) is 2.92. The number of halogens is 4. The molecule has 2 unspecified atom stereocenters. The standard InChI is InChI=1S/C17H29F3N6O2.HI/c1-5-21-16(22-11-14-23-15(24-28-14)12(3)27-6-2)26-9-7-25(8-10-26)13(4)17(18,19)20;/h12-13H,5-11H2,1-4H3,(H,21,22);1H. The van der Waals surface area contributed by atoms with Crippen LogP contribution in [0, 0.1) is 0 Å². The van der Waals surface area contributed by atoms with E-state index in [0.717, 1.165) is 0 Å². The lowest BCUT2D eigenvalue weighted by molar-refractivity contribution is -0.181. The highest BCUT2D eigenvalue weighted by atomic mass is 127. The second kappa shape index (κ2) is 11.9. The monoisotopic (exact) mass is 534 g/mol. The molecule has 0 bridgehead atoms. The summed E-state index contributed by atoms with van der Waals surface area (Å²) in [6, 6.07) is -1.45. The summed E-state index contributed by atoms with van der Waals surface area (Å²) in [6.07, 6.45) is -4.47. The largest absolute Gasteiger partial charge is 0.403 e. The predicted molar refractivity (Wildman–Crippen MR) is 113 cm³/mol. The van der Waals surface area contributed by atoms with Crippen LogP contribution in [0.3, 0.4) is 0 Å². The molecule has 1 fully saturated rings. The van der Waals surface area contributed by atoms with Gasteiger partial charge in [0.25, 0.3) is 0 Å². The lowest BCUT2D eigenvalue weighted by Gasteiger charge is -2.39. The van der Waals surface area contributed by atoms with Crippen molar-refractivity contribution < 1.29 is 22.4 Å². The van der Waals surface area contributed by atoms with Crippen LogP contribution in [-0.4, -0.2) is 77.4 Å². The number of aliphatic imine (C=N–C) groups is 1. The summed E-state index contributed by atoms with van der Waals surface area (Å²) in [5, 5.41) is 7.06. The predicted octanol–water partition coefficient (Wildman–Crippen LogP) is 2.82. The number of hydrogen-bond donors (Lipinski definition) is 1. The lowest BCUT2D eigenvalue weighted by atomic mass is 10.2. The topological polar surface area (TPSA) is 79.0 Å². The molecule has 1 saturated heterocycles. The molecule has 1 aliphatic rings. The van der Waals surface area contributed by atoms with Gasteiger partial charge in [0, 0.05) is 39.3 Å². The number of alkyl halides is 3. The van der Waals surface area contributed by atoms with Gasteiger partial charge in [-0.05, 0) is 27.7 Å². The third-order valence-electron chi connectivity index (χ3n) is 4.60. The minimum atomic E-state index is -4.21. The number of hydrogen-bond acceptors (Lipinski definition) is 6. The Bertz CT molecular complexity index is 635. The summed E-state index contributed by atoms with van der Waals surface area (Å²) in [4.78, 5) is 12.2. The van der Waals surface area contributed by atoms with Crippen molar-refractivity contribution in [1.82, 2.24) is 25.3 Å². The van der Waals surface area contributed by atoms with Crippen LogP contribution >= 0.6 is 24.0 Å². The van der Waals surface area contributed by atoms with Crippen LogP contribution in [0.25, 0.3) is 0 Å². The number of ether oxygens (including phenoxy) is 1. The first kappa shape index (κ1) is 25.9. The number of nitrogens with zero attached hydrogens (tertiary/aromatic N) is 5. The zero-order chi connectivity index (χ0) is 20.7. The Labute approximate surface area is 186 Å². The van der Waals surface area contributed by atoms with E-state index in [1.807, 2.05) is 25.7 Å².